The molecule has 1 aromatic heterocycles. The van der Waals surface area contributed by atoms with E-state index in [1.807, 2.05) is 0 Å². The van der Waals surface area contributed by atoms with Gasteiger partial charge in [0.15, 0.2) is 0 Å². The average molecular weight is 307 g/mol. The number of benzene rings is 1. The molecule has 0 N–H and O–H groups in total. The minimum Gasteiger partial charge on any atom is -0.489 e. The van der Waals surface area contributed by atoms with Crippen molar-refractivity contribution in [2.75, 3.05) is 0 Å². The van der Waals surface area contributed by atoms with Crippen molar-refractivity contribution in [1.82, 2.24) is 4.98 Å². The van der Waals surface area contributed by atoms with Crippen molar-refractivity contribution in [1.29, 1.82) is 0 Å². The van der Waals surface area contributed by atoms with E-state index in [4.69, 9.17) is 39.5 Å². The number of rotatable bonds is 3. The number of hydrogen-bond donors (Lipinski definition) is 0. The van der Waals surface area contributed by atoms with Gasteiger partial charge in [-0.15, -0.1) is 0 Å². The van der Waals surface area contributed by atoms with Gasteiger partial charge in [-0.3, -0.25) is 0 Å². The Morgan fingerprint density at radius 3 is 2.56 bits per heavy atom. The molecule has 1 aromatic carbocycles. The summed E-state index contributed by atoms with van der Waals surface area (Å²) in [4.78, 5) is 3.90. The van der Waals surface area contributed by atoms with Gasteiger partial charge in [0.1, 0.15) is 23.3 Å². The Morgan fingerprint density at radius 1 is 1.11 bits per heavy atom. The lowest BCUT2D eigenvalue weighted by Crippen LogP contribution is -1.97. The minimum absolute atomic E-state index is 0.00725. The lowest BCUT2D eigenvalue weighted by Gasteiger charge is -2.08. The summed E-state index contributed by atoms with van der Waals surface area (Å²) in [5.41, 5.74) is 0.682. The molecule has 0 saturated heterocycles. The van der Waals surface area contributed by atoms with Crippen LogP contribution in [0.4, 0.5) is 4.39 Å². The molecule has 0 amide bonds. The van der Waals surface area contributed by atoms with Crippen LogP contribution in [0.3, 0.4) is 0 Å². The van der Waals surface area contributed by atoms with Crippen LogP contribution in [0.1, 0.15) is 5.56 Å². The predicted molar refractivity (Wildman–Crippen MR) is 70.0 cm³/mol. The van der Waals surface area contributed by atoms with Crippen LogP contribution in [0.25, 0.3) is 0 Å². The molecule has 0 unspecified atom stereocenters. The van der Waals surface area contributed by atoms with Gasteiger partial charge in [0, 0.05) is 17.8 Å². The maximum atomic E-state index is 12.9. The molecule has 0 fully saturated rings. The predicted octanol–water partition coefficient (Wildman–Crippen LogP) is 4.76. The quantitative estimate of drug-likeness (QED) is 0.763. The van der Waals surface area contributed by atoms with Crippen molar-refractivity contribution in [3.63, 3.8) is 0 Å². The first-order chi connectivity index (χ1) is 8.56. The Labute approximate surface area is 118 Å². The lowest BCUT2D eigenvalue weighted by atomic mass is 10.3. The van der Waals surface area contributed by atoms with Crippen LogP contribution in [0.5, 0.6) is 5.75 Å². The average Bonchev–Trinajstić information content (AvgIpc) is 2.32. The third-order valence-electron chi connectivity index (χ3n) is 2.18. The van der Waals surface area contributed by atoms with Gasteiger partial charge in [0.05, 0.1) is 10.0 Å². The fraction of sp³-hybridized carbons (Fsp3) is 0.0833. The normalized spacial score (nSPS) is 10.4. The fourth-order valence-corrected chi connectivity index (χ4v) is 1.86. The second kappa shape index (κ2) is 5.74. The van der Waals surface area contributed by atoms with E-state index in [-0.39, 0.29) is 11.6 Å². The molecule has 2 rings (SSSR count). The molecule has 0 bridgehead atoms. The van der Waals surface area contributed by atoms with E-state index in [0.717, 1.165) is 0 Å². The third kappa shape index (κ3) is 3.25. The van der Waals surface area contributed by atoms with Crippen molar-refractivity contribution in [2.45, 2.75) is 6.61 Å². The van der Waals surface area contributed by atoms with E-state index in [0.29, 0.717) is 21.5 Å². The summed E-state index contributed by atoms with van der Waals surface area (Å²) < 4.78 is 18.4. The van der Waals surface area contributed by atoms with Gasteiger partial charge in [0.25, 0.3) is 0 Å². The molecule has 1 heterocycles. The zero-order chi connectivity index (χ0) is 13.1. The summed E-state index contributed by atoms with van der Waals surface area (Å²) in [6, 6.07) is 5.64. The standard InChI is InChI=1S/C12H7Cl3FNO/c13-9-4-12(15)17-5-7(9)6-18-8-1-2-11(16)10(14)3-8/h1-5H,6H2. The molecule has 0 atom stereocenters. The highest BCUT2D eigenvalue weighted by Gasteiger charge is 2.05. The Morgan fingerprint density at radius 2 is 1.89 bits per heavy atom. The first-order valence-corrected chi connectivity index (χ1v) is 6.07. The molecule has 2 nitrogen and oxygen atoms in total. The molecular weight excluding hydrogens is 299 g/mol. The molecule has 0 radical (unpaired) electrons. The summed E-state index contributed by atoms with van der Waals surface area (Å²) >= 11 is 17.3. The fourth-order valence-electron chi connectivity index (χ4n) is 1.27. The van der Waals surface area contributed by atoms with Gasteiger partial charge >= 0.3 is 0 Å². The molecular formula is C12H7Cl3FNO. The van der Waals surface area contributed by atoms with Gasteiger partial charge in [-0.2, -0.15) is 0 Å². The van der Waals surface area contributed by atoms with E-state index in [1.165, 1.54) is 30.5 Å². The first-order valence-electron chi connectivity index (χ1n) is 4.94. The van der Waals surface area contributed by atoms with E-state index >= 15 is 0 Å². The number of halogens is 4. The van der Waals surface area contributed by atoms with Crippen LogP contribution in [0.2, 0.25) is 15.2 Å². The van der Waals surface area contributed by atoms with Crippen molar-refractivity contribution in [3.8, 4) is 5.75 Å². The topological polar surface area (TPSA) is 22.1 Å². The highest BCUT2D eigenvalue weighted by atomic mass is 35.5. The molecule has 0 aliphatic rings. The molecule has 18 heavy (non-hydrogen) atoms. The SMILES string of the molecule is Fc1ccc(OCc2cnc(Cl)cc2Cl)cc1Cl. The number of aromatic nitrogens is 1. The summed E-state index contributed by atoms with van der Waals surface area (Å²) in [6.45, 7) is 0.199. The molecule has 2 aromatic rings. The lowest BCUT2D eigenvalue weighted by molar-refractivity contribution is 0.305. The Kier molecular flexibility index (Phi) is 4.27. The van der Waals surface area contributed by atoms with Gasteiger partial charge in [-0.25, -0.2) is 9.37 Å². The van der Waals surface area contributed by atoms with Crippen LogP contribution in [0, 0.1) is 5.82 Å². The van der Waals surface area contributed by atoms with Gasteiger partial charge in [-0.05, 0) is 18.2 Å². The highest BCUT2D eigenvalue weighted by molar-refractivity contribution is 6.34. The summed E-state index contributed by atoms with van der Waals surface area (Å²) in [5.74, 6) is -0.0392. The molecule has 94 valence electrons. The molecule has 0 spiro atoms. The first kappa shape index (κ1) is 13.4. The zero-order valence-corrected chi connectivity index (χ0v) is 11.2. The molecule has 0 aliphatic heterocycles. The van der Waals surface area contributed by atoms with Gasteiger partial charge < -0.3 is 4.74 Å². The largest absolute Gasteiger partial charge is 0.489 e. The molecule has 6 heteroatoms. The van der Waals surface area contributed by atoms with Gasteiger partial charge in [-0.1, -0.05) is 34.8 Å². The van der Waals surface area contributed by atoms with E-state index < -0.39 is 5.82 Å². The maximum Gasteiger partial charge on any atom is 0.142 e. The van der Waals surface area contributed by atoms with Crippen molar-refractivity contribution < 1.29 is 9.13 Å². The third-order valence-corrected chi connectivity index (χ3v) is 3.03. The number of nitrogens with zero attached hydrogens (tertiary/aromatic N) is 1. The molecule has 0 saturated carbocycles. The highest BCUT2D eigenvalue weighted by Crippen LogP contribution is 2.24. The monoisotopic (exact) mass is 305 g/mol. The van der Waals surface area contributed by atoms with Crippen LogP contribution in [-0.2, 0) is 6.61 Å². The summed E-state index contributed by atoms with van der Waals surface area (Å²) in [6.07, 6.45) is 1.52. The smallest absolute Gasteiger partial charge is 0.142 e. The zero-order valence-electron chi connectivity index (χ0n) is 8.96. The Hall–Kier alpha value is -1.03. The second-order valence-corrected chi connectivity index (χ2v) is 4.66. The number of pyridine rings is 1. The molecule has 0 aliphatic carbocycles. The van der Waals surface area contributed by atoms with Crippen LogP contribution < -0.4 is 4.74 Å². The summed E-state index contributed by atoms with van der Waals surface area (Å²) in [7, 11) is 0. The van der Waals surface area contributed by atoms with Crippen molar-refractivity contribution in [2.24, 2.45) is 0 Å². The van der Waals surface area contributed by atoms with E-state index in [1.54, 1.807) is 0 Å². The van der Waals surface area contributed by atoms with Crippen LogP contribution in [0.15, 0.2) is 30.5 Å². The Balaban J connectivity index is 2.09. The van der Waals surface area contributed by atoms with E-state index in [9.17, 15) is 4.39 Å². The summed E-state index contributed by atoms with van der Waals surface area (Å²) in [5, 5.41) is 0.782. The van der Waals surface area contributed by atoms with E-state index in [2.05, 4.69) is 4.98 Å². The maximum absolute atomic E-state index is 12.9. The van der Waals surface area contributed by atoms with Crippen LogP contribution >= 0.6 is 34.8 Å². The minimum atomic E-state index is -0.491. The number of ether oxygens (including phenoxy) is 1. The Bertz CT molecular complexity index is 577. The van der Waals surface area contributed by atoms with Gasteiger partial charge in [0.2, 0.25) is 0 Å². The van der Waals surface area contributed by atoms with Crippen molar-refractivity contribution >= 4 is 34.8 Å². The van der Waals surface area contributed by atoms with Crippen LogP contribution in [-0.4, -0.2) is 4.98 Å². The van der Waals surface area contributed by atoms with Crippen molar-refractivity contribution in [3.05, 3.63) is 57.0 Å². The second-order valence-electron chi connectivity index (χ2n) is 3.46. The number of hydrogen-bond acceptors (Lipinski definition) is 2.